The summed E-state index contributed by atoms with van der Waals surface area (Å²) in [5, 5.41) is 22.8. The molecule has 0 aliphatic carbocycles. The van der Waals surface area contributed by atoms with Crippen LogP contribution in [0.15, 0.2) is 75.8 Å². The molecule has 0 spiro atoms. The molecule has 0 atom stereocenters. The number of phenols is 1. The average Bonchev–Trinajstić information content (AvgIpc) is 2.82. The molecule has 190 valence electrons. The number of carbonyl (C=O) groups excluding carboxylic acids is 1. The molecule has 37 heavy (non-hydrogen) atoms. The minimum Gasteiger partial charge on any atom is -0.505 e. The topological polar surface area (TPSA) is 138 Å². The van der Waals surface area contributed by atoms with E-state index in [2.05, 4.69) is 15.5 Å². The van der Waals surface area contributed by atoms with Crippen LogP contribution in [0.3, 0.4) is 0 Å². The highest BCUT2D eigenvalue weighted by Gasteiger charge is 2.23. The molecule has 0 aliphatic heterocycles. The van der Waals surface area contributed by atoms with E-state index >= 15 is 0 Å². The largest absolute Gasteiger partial charge is 0.505 e. The van der Waals surface area contributed by atoms with Crippen molar-refractivity contribution in [2.75, 3.05) is 12.4 Å². The Hall–Kier alpha value is -3.70. The fourth-order valence-corrected chi connectivity index (χ4v) is 5.22. The Kier molecular flexibility index (Phi) is 7.37. The number of phenolic OH excluding ortho intramolecular Hbond substituents is 1. The van der Waals surface area contributed by atoms with Crippen LogP contribution >= 0.6 is 23.2 Å². The summed E-state index contributed by atoms with van der Waals surface area (Å²) in [5.74, 6) is -0.947. The van der Waals surface area contributed by atoms with Crippen LogP contribution in [-0.2, 0) is 10.1 Å². The van der Waals surface area contributed by atoms with Gasteiger partial charge in [-0.15, -0.1) is 10.2 Å². The number of nitrogens with one attached hydrogen (secondary N) is 1. The van der Waals surface area contributed by atoms with E-state index in [1.54, 1.807) is 49.4 Å². The predicted octanol–water partition coefficient (Wildman–Crippen LogP) is 7.08. The molecule has 4 rings (SSSR count). The van der Waals surface area contributed by atoms with Gasteiger partial charge in [-0.3, -0.25) is 9.35 Å². The lowest BCUT2D eigenvalue weighted by Gasteiger charge is -2.14. The van der Waals surface area contributed by atoms with E-state index in [0.29, 0.717) is 16.3 Å². The van der Waals surface area contributed by atoms with Gasteiger partial charge < -0.3 is 15.2 Å². The Morgan fingerprint density at radius 3 is 2.43 bits per heavy atom. The molecule has 4 aromatic carbocycles. The van der Waals surface area contributed by atoms with Crippen LogP contribution in [0.1, 0.15) is 15.9 Å². The summed E-state index contributed by atoms with van der Waals surface area (Å²) in [6.07, 6.45) is 0. The van der Waals surface area contributed by atoms with E-state index < -0.39 is 26.7 Å². The number of aryl methyl sites for hydroxylation is 1. The third kappa shape index (κ3) is 5.37. The van der Waals surface area contributed by atoms with Crippen LogP contribution in [0.5, 0.6) is 11.5 Å². The number of hydrogen-bond donors (Lipinski definition) is 3. The number of amides is 1. The number of azo groups is 1. The maximum Gasteiger partial charge on any atom is 0.298 e. The van der Waals surface area contributed by atoms with Crippen LogP contribution < -0.4 is 10.1 Å². The molecule has 0 unspecified atom stereocenters. The van der Waals surface area contributed by atoms with Gasteiger partial charge in [0.25, 0.3) is 16.0 Å². The summed E-state index contributed by atoms with van der Waals surface area (Å²) in [7, 11) is -3.34. The molecule has 0 bridgehead atoms. The van der Waals surface area contributed by atoms with Crippen molar-refractivity contribution in [3.05, 3.63) is 81.8 Å². The third-order valence-corrected chi connectivity index (χ3v) is 7.00. The smallest absolute Gasteiger partial charge is 0.298 e. The molecule has 12 heteroatoms. The number of fused-ring (bicyclic) bond motifs is 1. The molecule has 1 amide bonds. The molecule has 4 aromatic rings. The Balaban J connectivity index is 1.86. The van der Waals surface area contributed by atoms with Gasteiger partial charge in [0.1, 0.15) is 16.3 Å². The summed E-state index contributed by atoms with van der Waals surface area (Å²) in [6, 6.07) is 15.8. The van der Waals surface area contributed by atoms with E-state index in [9.17, 15) is 22.9 Å². The van der Waals surface area contributed by atoms with Crippen molar-refractivity contribution in [1.29, 1.82) is 0 Å². The first kappa shape index (κ1) is 26.4. The molecular formula is C25H19Cl2N3O6S. The second-order valence-corrected chi connectivity index (χ2v) is 10.1. The average molecular weight is 560 g/mol. The molecule has 0 saturated heterocycles. The van der Waals surface area contributed by atoms with Gasteiger partial charge in [-0.25, -0.2) is 0 Å². The number of methoxy groups -OCH3 is 1. The Morgan fingerprint density at radius 1 is 1.00 bits per heavy atom. The maximum absolute atomic E-state index is 13.2. The molecule has 0 aliphatic rings. The van der Waals surface area contributed by atoms with Crippen LogP contribution in [0.25, 0.3) is 10.8 Å². The number of ether oxygens (including phenoxy) is 1. The van der Waals surface area contributed by atoms with Crippen molar-refractivity contribution in [2.24, 2.45) is 10.2 Å². The molecule has 3 N–H and O–H groups in total. The van der Waals surface area contributed by atoms with Crippen LogP contribution in [-0.4, -0.2) is 31.1 Å². The summed E-state index contributed by atoms with van der Waals surface area (Å²) in [5.41, 5.74) is 0.369. The first-order valence-corrected chi connectivity index (χ1v) is 12.8. The van der Waals surface area contributed by atoms with Crippen LogP contribution in [0.2, 0.25) is 10.0 Å². The van der Waals surface area contributed by atoms with Crippen molar-refractivity contribution in [3.63, 3.8) is 0 Å². The molecule has 9 nitrogen and oxygen atoms in total. The van der Waals surface area contributed by atoms with Crippen molar-refractivity contribution in [3.8, 4) is 11.5 Å². The van der Waals surface area contributed by atoms with Gasteiger partial charge >= 0.3 is 0 Å². The molecule has 0 radical (unpaired) electrons. The minimum absolute atomic E-state index is 0.0970. The highest BCUT2D eigenvalue weighted by atomic mass is 35.5. The summed E-state index contributed by atoms with van der Waals surface area (Å²) >= 11 is 12.2. The number of benzene rings is 4. The standard InChI is InChI=1S/C25H19Cl2N3O6S/c1-13-10-18(27)24(37(33,34)35)20(11-13)29-30-21-15-7-4-3-6-14(15)12-16(22(21)31)25(32)28-19-9-5-8-17(26)23(19)36-2/h3-12,31H,1-2H3,(H,28,32)(H,33,34,35). The number of rotatable bonds is 6. The van der Waals surface area contributed by atoms with Gasteiger partial charge in [-0.05, 0) is 48.2 Å². The number of para-hydroxylation sites is 1. The lowest BCUT2D eigenvalue weighted by Crippen LogP contribution is -2.13. The van der Waals surface area contributed by atoms with E-state index in [1.807, 2.05) is 0 Å². The van der Waals surface area contributed by atoms with E-state index in [4.69, 9.17) is 27.9 Å². The van der Waals surface area contributed by atoms with E-state index in [-0.39, 0.29) is 38.4 Å². The Labute approximate surface area is 222 Å². The molecular weight excluding hydrogens is 541 g/mol. The van der Waals surface area contributed by atoms with Crippen LogP contribution in [0.4, 0.5) is 17.1 Å². The van der Waals surface area contributed by atoms with Gasteiger partial charge in [-0.1, -0.05) is 53.5 Å². The lowest BCUT2D eigenvalue weighted by molar-refractivity contribution is 0.102. The van der Waals surface area contributed by atoms with Gasteiger partial charge in [-0.2, -0.15) is 8.42 Å². The zero-order chi connectivity index (χ0) is 26.9. The fourth-order valence-electron chi connectivity index (χ4n) is 3.74. The third-order valence-electron chi connectivity index (χ3n) is 5.34. The Bertz CT molecular complexity index is 1690. The second-order valence-electron chi connectivity index (χ2n) is 7.89. The summed E-state index contributed by atoms with van der Waals surface area (Å²) in [4.78, 5) is 12.6. The first-order chi connectivity index (χ1) is 17.5. The van der Waals surface area contributed by atoms with Crippen LogP contribution in [0, 0.1) is 6.92 Å². The number of nitrogens with zero attached hydrogens (tertiary/aromatic N) is 2. The van der Waals surface area contributed by atoms with Crippen molar-refractivity contribution in [1.82, 2.24) is 0 Å². The van der Waals surface area contributed by atoms with Crippen molar-refractivity contribution in [2.45, 2.75) is 11.8 Å². The number of hydrogen-bond acceptors (Lipinski definition) is 7. The van der Waals surface area contributed by atoms with E-state index in [0.717, 1.165) is 0 Å². The quantitative estimate of drug-likeness (QED) is 0.170. The summed E-state index contributed by atoms with van der Waals surface area (Å²) in [6.45, 7) is 1.65. The molecule has 0 fully saturated rings. The molecule has 0 saturated carbocycles. The number of halogens is 2. The molecule has 0 heterocycles. The first-order valence-electron chi connectivity index (χ1n) is 10.6. The van der Waals surface area contributed by atoms with Crippen molar-refractivity contribution < 1.29 is 27.6 Å². The minimum atomic E-state index is -4.74. The molecule has 0 aromatic heterocycles. The van der Waals surface area contributed by atoms with Gasteiger partial charge in [0.05, 0.1) is 28.4 Å². The Morgan fingerprint density at radius 2 is 1.73 bits per heavy atom. The SMILES string of the molecule is COc1c(Cl)cccc1NC(=O)c1cc2ccccc2c(N=Nc2cc(C)cc(Cl)c2S(=O)(=O)O)c1O. The maximum atomic E-state index is 13.2. The second kappa shape index (κ2) is 10.3. The van der Waals surface area contributed by atoms with Gasteiger partial charge in [0, 0.05) is 5.39 Å². The van der Waals surface area contributed by atoms with Gasteiger partial charge in [0.2, 0.25) is 0 Å². The number of aromatic hydroxyl groups is 1. The highest BCUT2D eigenvalue weighted by molar-refractivity contribution is 7.86. The normalized spacial score (nSPS) is 11.7. The zero-order valence-electron chi connectivity index (χ0n) is 19.4. The monoisotopic (exact) mass is 559 g/mol. The van der Waals surface area contributed by atoms with Crippen molar-refractivity contribution >= 4 is 67.1 Å². The predicted molar refractivity (Wildman–Crippen MR) is 142 cm³/mol. The van der Waals surface area contributed by atoms with E-state index in [1.165, 1.54) is 25.3 Å². The van der Waals surface area contributed by atoms with Gasteiger partial charge in [0.15, 0.2) is 11.5 Å². The fraction of sp³-hybridized carbons (Fsp3) is 0.0800. The number of carbonyl (C=O) groups is 1. The lowest BCUT2D eigenvalue weighted by atomic mass is 10.0. The number of anilines is 1. The zero-order valence-corrected chi connectivity index (χ0v) is 21.7. The summed E-state index contributed by atoms with van der Waals surface area (Å²) < 4.78 is 38.7. The highest BCUT2D eigenvalue weighted by Crippen LogP contribution is 2.41.